The molecule has 1 amide bonds. The molecular weight excluding hydrogens is 334 g/mol. The van der Waals surface area contributed by atoms with Gasteiger partial charge in [-0.1, -0.05) is 11.6 Å². The summed E-state index contributed by atoms with van der Waals surface area (Å²) in [5, 5.41) is 12.3. The van der Waals surface area contributed by atoms with Gasteiger partial charge in [-0.05, 0) is 37.0 Å². The third-order valence-corrected chi connectivity index (χ3v) is 4.76. The van der Waals surface area contributed by atoms with E-state index >= 15 is 0 Å². The summed E-state index contributed by atoms with van der Waals surface area (Å²) in [6.07, 6.45) is 2.38. The number of hydrogen-bond acceptors (Lipinski definition) is 4. The maximum Gasteiger partial charge on any atom is 0.306 e. The second kappa shape index (κ2) is 7.30. The number of nitrogens with one attached hydrogen (secondary N) is 1. The van der Waals surface area contributed by atoms with Crippen LogP contribution in [-0.2, 0) is 16.1 Å². The van der Waals surface area contributed by atoms with Crippen molar-refractivity contribution < 1.29 is 24.2 Å². The lowest BCUT2D eigenvalue weighted by molar-refractivity contribution is -0.141. The average Bonchev–Trinajstić information content (AvgIpc) is 2.93. The van der Waals surface area contributed by atoms with Gasteiger partial charge in [0.1, 0.15) is 0 Å². The van der Waals surface area contributed by atoms with Gasteiger partial charge in [-0.2, -0.15) is 0 Å². The molecule has 0 spiro atoms. The van der Waals surface area contributed by atoms with E-state index in [2.05, 4.69) is 5.32 Å². The highest BCUT2D eigenvalue weighted by Crippen LogP contribution is 2.38. The maximum absolute atomic E-state index is 12.2. The number of benzene rings is 1. The van der Waals surface area contributed by atoms with Gasteiger partial charge in [-0.25, -0.2) is 0 Å². The van der Waals surface area contributed by atoms with Crippen LogP contribution >= 0.6 is 11.6 Å². The Morgan fingerprint density at radius 1 is 1.21 bits per heavy atom. The maximum atomic E-state index is 12.2. The van der Waals surface area contributed by atoms with Crippen LogP contribution in [0.3, 0.4) is 0 Å². The summed E-state index contributed by atoms with van der Waals surface area (Å²) in [4.78, 5) is 23.2. The summed E-state index contributed by atoms with van der Waals surface area (Å²) < 4.78 is 11.2. The molecule has 1 fully saturated rings. The Morgan fingerprint density at radius 2 is 1.96 bits per heavy atom. The van der Waals surface area contributed by atoms with Crippen molar-refractivity contribution in [2.24, 2.45) is 11.8 Å². The van der Waals surface area contributed by atoms with Crippen molar-refractivity contribution in [2.45, 2.75) is 32.2 Å². The molecule has 1 saturated carbocycles. The Kier molecular flexibility index (Phi) is 5.14. The average molecular weight is 354 g/mol. The summed E-state index contributed by atoms with van der Waals surface area (Å²) in [5.74, 6) is -0.433. The normalized spacial score (nSPS) is 22.7. The molecule has 6 nitrogen and oxygen atoms in total. The van der Waals surface area contributed by atoms with Crippen molar-refractivity contribution in [3.63, 3.8) is 0 Å². The van der Waals surface area contributed by atoms with Gasteiger partial charge in [0.25, 0.3) is 0 Å². The zero-order valence-electron chi connectivity index (χ0n) is 13.2. The molecular formula is C17H20ClNO5. The van der Waals surface area contributed by atoms with E-state index in [1.807, 2.05) is 6.07 Å². The number of carbonyl (C=O) groups excluding carboxylic acids is 1. The molecule has 0 radical (unpaired) electrons. The van der Waals surface area contributed by atoms with E-state index in [0.717, 1.165) is 12.0 Å². The Bertz CT molecular complexity index is 648. The molecule has 1 aliphatic heterocycles. The number of rotatable bonds is 4. The summed E-state index contributed by atoms with van der Waals surface area (Å²) in [6.45, 7) is 1.45. The molecule has 0 unspecified atom stereocenters. The van der Waals surface area contributed by atoms with E-state index in [9.17, 15) is 9.59 Å². The first kappa shape index (κ1) is 16.9. The molecule has 0 aromatic heterocycles. The lowest BCUT2D eigenvalue weighted by atomic mass is 10.0. The molecule has 1 aromatic rings. The first-order chi connectivity index (χ1) is 11.5. The van der Waals surface area contributed by atoms with E-state index in [1.165, 1.54) is 0 Å². The minimum atomic E-state index is -0.819. The summed E-state index contributed by atoms with van der Waals surface area (Å²) >= 11 is 6.23. The van der Waals surface area contributed by atoms with Crippen molar-refractivity contribution >= 4 is 23.5 Å². The Hall–Kier alpha value is -1.95. The van der Waals surface area contributed by atoms with E-state index < -0.39 is 11.9 Å². The zero-order chi connectivity index (χ0) is 17.1. The first-order valence-corrected chi connectivity index (χ1v) is 8.51. The third kappa shape index (κ3) is 3.75. The highest BCUT2D eigenvalue weighted by atomic mass is 35.5. The van der Waals surface area contributed by atoms with Crippen LogP contribution in [0.5, 0.6) is 11.5 Å². The van der Waals surface area contributed by atoms with Crippen molar-refractivity contribution in [1.82, 2.24) is 5.32 Å². The molecule has 2 N–H and O–H groups in total. The van der Waals surface area contributed by atoms with Gasteiger partial charge in [-0.3, -0.25) is 9.59 Å². The molecule has 2 aliphatic rings. The van der Waals surface area contributed by atoms with Crippen LogP contribution in [0.25, 0.3) is 0 Å². The van der Waals surface area contributed by atoms with Crippen LogP contribution in [0.2, 0.25) is 5.02 Å². The van der Waals surface area contributed by atoms with Crippen LogP contribution in [-0.4, -0.2) is 30.2 Å². The number of hydrogen-bond donors (Lipinski definition) is 2. The quantitative estimate of drug-likeness (QED) is 0.869. The number of carbonyl (C=O) groups is 2. The van der Waals surface area contributed by atoms with Gasteiger partial charge in [0, 0.05) is 18.9 Å². The van der Waals surface area contributed by atoms with Crippen molar-refractivity contribution in [2.75, 3.05) is 13.2 Å². The fraction of sp³-hybridized carbons (Fsp3) is 0.529. The predicted octanol–water partition coefficient (Wildman–Crippen LogP) is 2.62. The predicted molar refractivity (Wildman–Crippen MR) is 87.4 cm³/mol. The highest BCUT2D eigenvalue weighted by molar-refractivity contribution is 6.32. The standard InChI is InChI=1S/C17H20ClNO5/c18-13-6-10(7-14-15(13)24-5-1-4-23-14)9-19-16(20)11-2-3-12(8-11)17(21)22/h6-7,11-12H,1-5,8-9H2,(H,19,20)(H,21,22)/t11-,12+/m0/s1. The Labute approximate surface area is 145 Å². The van der Waals surface area contributed by atoms with Gasteiger partial charge in [0.2, 0.25) is 5.91 Å². The second-order valence-electron chi connectivity index (χ2n) is 6.22. The minimum absolute atomic E-state index is 0.109. The first-order valence-electron chi connectivity index (χ1n) is 8.13. The highest BCUT2D eigenvalue weighted by Gasteiger charge is 2.33. The fourth-order valence-corrected chi connectivity index (χ4v) is 3.45. The molecule has 2 atom stereocenters. The van der Waals surface area contributed by atoms with Crippen molar-refractivity contribution in [3.8, 4) is 11.5 Å². The van der Waals surface area contributed by atoms with Gasteiger partial charge in [-0.15, -0.1) is 0 Å². The van der Waals surface area contributed by atoms with Crippen LogP contribution in [0, 0.1) is 11.8 Å². The van der Waals surface area contributed by atoms with Gasteiger partial charge < -0.3 is 19.9 Å². The number of halogens is 1. The summed E-state index contributed by atoms with van der Waals surface area (Å²) in [5.41, 5.74) is 0.824. The van der Waals surface area contributed by atoms with Crippen LogP contribution in [0.4, 0.5) is 0 Å². The molecule has 0 bridgehead atoms. The number of carboxylic acids is 1. The largest absolute Gasteiger partial charge is 0.489 e. The van der Waals surface area contributed by atoms with E-state index in [4.69, 9.17) is 26.2 Å². The van der Waals surface area contributed by atoms with Gasteiger partial charge in [0.05, 0.1) is 24.2 Å². The summed E-state index contributed by atoms with van der Waals surface area (Å²) in [7, 11) is 0. The summed E-state index contributed by atoms with van der Waals surface area (Å²) in [6, 6.07) is 3.57. The number of aliphatic carboxylic acids is 1. The molecule has 24 heavy (non-hydrogen) atoms. The van der Waals surface area contributed by atoms with E-state index in [0.29, 0.717) is 55.5 Å². The lowest BCUT2D eigenvalue weighted by Crippen LogP contribution is -2.29. The van der Waals surface area contributed by atoms with Crippen LogP contribution in [0.15, 0.2) is 12.1 Å². The monoisotopic (exact) mass is 353 g/mol. The molecule has 3 rings (SSSR count). The molecule has 7 heteroatoms. The molecule has 0 saturated heterocycles. The minimum Gasteiger partial charge on any atom is -0.489 e. The topological polar surface area (TPSA) is 84.9 Å². The third-order valence-electron chi connectivity index (χ3n) is 4.48. The molecule has 1 heterocycles. The lowest BCUT2D eigenvalue weighted by Gasteiger charge is -2.14. The second-order valence-corrected chi connectivity index (χ2v) is 6.63. The zero-order valence-corrected chi connectivity index (χ0v) is 14.0. The van der Waals surface area contributed by atoms with E-state index in [1.54, 1.807) is 6.07 Å². The smallest absolute Gasteiger partial charge is 0.306 e. The number of ether oxygens (including phenoxy) is 2. The van der Waals surface area contributed by atoms with Crippen molar-refractivity contribution in [3.05, 3.63) is 22.7 Å². The Morgan fingerprint density at radius 3 is 2.71 bits per heavy atom. The van der Waals surface area contributed by atoms with Crippen LogP contribution < -0.4 is 14.8 Å². The molecule has 130 valence electrons. The number of fused-ring (bicyclic) bond motifs is 1. The van der Waals surface area contributed by atoms with E-state index in [-0.39, 0.29) is 11.8 Å². The molecule has 1 aromatic carbocycles. The SMILES string of the molecule is O=C(O)[C@@H]1CC[C@H](C(=O)NCc2cc(Cl)c3c(c2)OCCCO3)C1. The molecule has 1 aliphatic carbocycles. The Balaban J connectivity index is 1.61. The van der Waals surface area contributed by atoms with Crippen molar-refractivity contribution in [1.29, 1.82) is 0 Å². The number of amides is 1. The fourth-order valence-electron chi connectivity index (χ4n) is 3.16. The van der Waals surface area contributed by atoms with Crippen LogP contribution in [0.1, 0.15) is 31.2 Å². The van der Waals surface area contributed by atoms with Gasteiger partial charge in [0.15, 0.2) is 11.5 Å². The van der Waals surface area contributed by atoms with Gasteiger partial charge >= 0.3 is 5.97 Å². The number of carboxylic acid groups (broad SMARTS) is 1.